The molecule has 0 N–H and O–H groups in total. The number of nitrogens with zero attached hydrogens (tertiary/aromatic N) is 1. The number of aryl methyl sites for hydroxylation is 1. The Bertz CT molecular complexity index is 554. The minimum absolute atomic E-state index is 0.0188. The van der Waals surface area contributed by atoms with Crippen LogP contribution in [-0.4, -0.2) is 5.78 Å². The van der Waals surface area contributed by atoms with E-state index in [1.54, 1.807) is 11.3 Å². The fourth-order valence-corrected chi connectivity index (χ4v) is 2.77. The number of rotatable bonds is 6. The van der Waals surface area contributed by atoms with Crippen molar-refractivity contribution in [2.45, 2.75) is 25.2 Å². The summed E-state index contributed by atoms with van der Waals surface area (Å²) in [5.74, 6) is -0.602. The fraction of sp³-hybridized carbons (Fsp3) is 0.250. The first-order chi connectivity index (χ1) is 9.31. The van der Waals surface area contributed by atoms with E-state index >= 15 is 0 Å². The van der Waals surface area contributed by atoms with Crippen LogP contribution in [0.15, 0.2) is 47.8 Å². The Kier molecular flexibility index (Phi) is 4.88. The van der Waals surface area contributed by atoms with Gasteiger partial charge in [0, 0.05) is 11.3 Å². The molecule has 19 heavy (non-hydrogen) atoms. The summed E-state index contributed by atoms with van der Waals surface area (Å²) < 4.78 is 0. The van der Waals surface area contributed by atoms with Gasteiger partial charge in [-0.25, -0.2) is 0 Å². The molecule has 3 heteroatoms. The highest BCUT2D eigenvalue weighted by atomic mass is 32.1. The molecule has 2 aromatic rings. The molecule has 2 nitrogen and oxygen atoms in total. The van der Waals surface area contributed by atoms with E-state index in [1.165, 1.54) is 4.88 Å². The van der Waals surface area contributed by atoms with Gasteiger partial charge in [0.15, 0.2) is 5.78 Å². The average molecular weight is 269 g/mol. The second-order valence-corrected chi connectivity index (χ2v) is 5.40. The summed E-state index contributed by atoms with van der Waals surface area (Å²) in [7, 11) is 0. The predicted octanol–water partition coefficient (Wildman–Crippen LogP) is 3.95. The first kappa shape index (κ1) is 13.5. The van der Waals surface area contributed by atoms with Crippen molar-refractivity contribution in [3.05, 3.63) is 58.3 Å². The monoisotopic (exact) mass is 269 g/mol. The molecule has 2 rings (SSSR count). The molecule has 0 radical (unpaired) electrons. The molecule has 0 aliphatic heterocycles. The van der Waals surface area contributed by atoms with Gasteiger partial charge in [0.1, 0.15) is 5.92 Å². The van der Waals surface area contributed by atoms with E-state index in [-0.39, 0.29) is 5.78 Å². The summed E-state index contributed by atoms with van der Waals surface area (Å²) in [6.45, 7) is 0. The van der Waals surface area contributed by atoms with Crippen molar-refractivity contribution >= 4 is 17.1 Å². The van der Waals surface area contributed by atoms with Crippen LogP contribution in [0.5, 0.6) is 0 Å². The van der Waals surface area contributed by atoms with Crippen LogP contribution in [0, 0.1) is 11.3 Å². The zero-order valence-corrected chi connectivity index (χ0v) is 11.4. The number of nitriles is 1. The largest absolute Gasteiger partial charge is 0.298 e. The van der Waals surface area contributed by atoms with Crippen LogP contribution in [0.4, 0.5) is 0 Å². The fourth-order valence-electron chi connectivity index (χ4n) is 2.01. The molecule has 0 fully saturated rings. The van der Waals surface area contributed by atoms with Crippen LogP contribution in [-0.2, 0) is 11.2 Å². The van der Waals surface area contributed by atoms with Gasteiger partial charge < -0.3 is 0 Å². The zero-order chi connectivity index (χ0) is 13.5. The summed E-state index contributed by atoms with van der Waals surface area (Å²) in [5.41, 5.74) is 0.797. The van der Waals surface area contributed by atoms with Crippen molar-refractivity contribution in [2.75, 3.05) is 0 Å². The number of benzene rings is 1. The summed E-state index contributed by atoms with van der Waals surface area (Å²) in [4.78, 5) is 13.4. The lowest BCUT2D eigenvalue weighted by Crippen LogP contribution is -2.10. The van der Waals surface area contributed by atoms with E-state index in [2.05, 4.69) is 12.1 Å². The van der Waals surface area contributed by atoms with Crippen molar-refractivity contribution < 1.29 is 4.79 Å². The molecule has 0 saturated heterocycles. The Hall–Kier alpha value is -1.92. The molecule has 1 aromatic heterocycles. The number of Topliss-reactive ketones (excluding diaryl/α,β-unsaturated/α-hetero) is 1. The minimum Gasteiger partial charge on any atom is -0.298 e. The highest BCUT2D eigenvalue weighted by Crippen LogP contribution is 2.19. The number of hydrogen-bond acceptors (Lipinski definition) is 3. The maximum Gasteiger partial charge on any atom is 0.154 e. The Morgan fingerprint density at radius 3 is 2.63 bits per heavy atom. The van der Waals surface area contributed by atoms with Gasteiger partial charge in [-0.1, -0.05) is 36.4 Å². The molecule has 0 spiro atoms. The van der Waals surface area contributed by atoms with E-state index in [0.29, 0.717) is 6.42 Å². The van der Waals surface area contributed by atoms with Gasteiger partial charge in [0.05, 0.1) is 6.07 Å². The van der Waals surface area contributed by atoms with Gasteiger partial charge in [-0.2, -0.15) is 5.26 Å². The molecular weight excluding hydrogens is 254 g/mol. The molecule has 0 aliphatic rings. The summed E-state index contributed by atoms with van der Waals surface area (Å²) in [5, 5.41) is 11.2. The molecular formula is C16H15NOS. The Labute approximate surface area is 117 Å². The van der Waals surface area contributed by atoms with Crippen molar-refractivity contribution in [1.82, 2.24) is 0 Å². The third kappa shape index (κ3) is 3.77. The molecule has 1 unspecified atom stereocenters. The maximum absolute atomic E-state index is 12.1. The standard InChI is InChI=1S/C16H15NOS/c17-12-15(13-6-2-1-3-7-13)16(18)10-4-8-14-9-5-11-19-14/h1-3,5-7,9,11,15H,4,8,10H2. The van der Waals surface area contributed by atoms with Crippen molar-refractivity contribution in [3.8, 4) is 6.07 Å². The van der Waals surface area contributed by atoms with Crippen LogP contribution in [0.25, 0.3) is 0 Å². The van der Waals surface area contributed by atoms with Crippen LogP contribution >= 0.6 is 11.3 Å². The summed E-state index contributed by atoms with van der Waals surface area (Å²) in [6.07, 6.45) is 2.19. The normalized spacial score (nSPS) is 11.7. The van der Waals surface area contributed by atoms with Gasteiger partial charge in [-0.3, -0.25) is 4.79 Å². The molecule has 0 aliphatic carbocycles. The third-order valence-corrected chi connectivity index (χ3v) is 3.95. The Morgan fingerprint density at radius 1 is 1.21 bits per heavy atom. The average Bonchev–Trinajstić information content (AvgIpc) is 2.94. The van der Waals surface area contributed by atoms with Crippen molar-refractivity contribution in [1.29, 1.82) is 5.26 Å². The second-order valence-electron chi connectivity index (χ2n) is 4.37. The molecule has 96 valence electrons. The Morgan fingerprint density at radius 2 is 2.00 bits per heavy atom. The topological polar surface area (TPSA) is 40.9 Å². The van der Waals surface area contributed by atoms with Crippen LogP contribution in [0.1, 0.15) is 29.2 Å². The van der Waals surface area contributed by atoms with Crippen molar-refractivity contribution in [2.24, 2.45) is 0 Å². The van der Waals surface area contributed by atoms with Crippen LogP contribution in [0.2, 0.25) is 0 Å². The van der Waals surface area contributed by atoms with E-state index in [9.17, 15) is 4.79 Å². The zero-order valence-electron chi connectivity index (χ0n) is 10.6. The van der Waals surface area contributed by atoms with E-state index in [1.807, 2.05) is 41.8 Å². The minimum atomic E-state index is -0.621. The molecule has 0 amide bonds. The lowest BCUT2D eigenvalue weighted by Gasteiger charge is -2.07. The predicted molar refractivity (Wildman–Crippen MR) is 77.1 cm³/mol. The maximum atomic E-state index is 12.1. The van der Waals surface area contributed by atoms with Gasteiger partial charge >= 0.3 is 0 Å². The van der Waals surface area contributed by atoms with Gasteiger partial charge in [0.2, 0.25) is 0 Å². The molecule has 1 atom stereocenters. The lowest BCUT2D eigenvalue weighted by atomic mass is 9.93. The number of hydrogen-bond donors (Lipinski definition) is 0. The van der Waals surface area contributed by atoms with E-state index < -0.39 is 5.92 Å². The molecule has 0 bridgehead atoms. The van der Waals surface area contributed by atoms with Crippen molar-refractivity contribution in [3.63, 3.8) is 0 Å². The molecule has 1 aromatic carbocycles. The summed E-state index contributed by atoms with van der Waals surface area (Å²) >= 11 is 1.71. The molecule has 1 heterocycles. The van der Waals surface area contributed by atoms with E-state index in [4.69, 9.17) is 5.26 Å². The van der Waals surface area contributed by atoms with Gasteiger partial charge in [0.25, 0.3) is 0 Å². The number of carbonyl (C=O) groups excluding carboxylic acids is 1. The smallest absolute Gasteiger partial charge is 0.154 e. The third-order valence-electron chi connectivity index (χ3n) is 3.01. The second kappa shape index (κ2) is 6.86. The number of ketones is 1. The van der Waals surface area contributed by atoms with Gasteiger partial charge in [-0.05, 0) is 29.9 Å². The van der Waals surface area contributed by atoms with Crippen LogP contribution < -0.4 is 0 Å². The lowest BCUT2D eigenvalue weighted by molar-refractivity contribution is -0.119. The quantitative estimate of drug-likeness (QED) is 0.796. The highest BCUT2D eigenvalue weighted by Gasteiger charge is 2.19. The van der Waals surface area contributed by atoms with E-state index in [0.717, 1.165) is 18.4 Å². The highest BCUT2D eigenvalue weighted by molar-refractivity contribution is 7.09. The molecule has 0 saturated carbocycles. The number of carbonyl (C=O) groups is 1. The van der Waals surface area contributed by atoms with Crippen LogP contribution in [0.3, 0.4) is 0 Å². The first-order valence-corrected chi connectivity index (χ1v) is 7.19. The first-order valence-electron chi connectivity index (χ1n) is 6.31. The summed E-state index contributed by atoms with van der Waals surface area (Å²) in [6, 6.07) is 15.5. The number of thiophene rings is 1. The SMILES string of the molecule is N#CC(C(=O)CCCc1cccs1)c1ccccc1. The van der Waals surface area contributed by atoms with Gasteiger partial charge in [-0.15, -0.1) is 11.3 Å². The Balaban J connectivity index is 1.89.